The number of carbonyl (C=O) groups excluding carboxylic acids is 1. The predicted octanol–water partition coefficient (Wildman–Crippen LogP) is 3.85. The number of hydrogen-bond donors (Lipinski definition) is 3. The van der Waals surface area contributed by atoms with E-state index in [-0.39, 0.29) is 17.9 Å². The standard InChI is InChI=1S/C15H21BrN2O3/c1-15(2,8-7-13(19)20)9-10-17-14(21)18-12-5-3-11(16)4-6-12/h3-6H,7-10H2,1-2H3,(H,19,20)(H2,17,18,21). The van der Waals surface area contributed by atoms with Crippen LogP contribution in [0.25, 0.3) is 0 Å². The summed E-state index contributed by atoms with van der Waals surface area (Å²) in [6.07, 6.45) is 1.48. The summed E-state index contributed by atoms with van der Waals surface area (Å²) >= 11 is 3.33. The first kappa shape index (κ1) is 17.5. The number of nitrogens with one attached hydrogen (secondary N) is 2. The van der Waals surface area contributed by atoms with Crippen molar-refractivity contribution in [3.05, 3.63) is 28.7 Å². The molecule has 3 N–H and O–H groups in total. The van der Waals surface area contributed by atoms with Crippen LogP contribution < -0.4 is 10.6 Å². The number of carboxylic acids is 1. The summed E-state index contributed by atoms with van der Waals surface area (Å²) in [6, 6.07) is 7.06. The molecule has 0 aliphatic rings. The van der Waals surface area contributed by atoms with Crippen LogP contribution in [0.15, 0.2) is 28.7 Å². The van der Waals surface area contributed by atoms with Gasteiger partial charge in [-0.15, -0.1) is 0 Å². The van der Waals surface area contributed by atoms with E-state index in [4.69, 9.17) is 5.11 Å². The maximum Gasteiger partial charge on any atom is 0.319 e. The minimum Gasteiger partial charge on any atom is -0.481 e. The lowest BCUT2D eigenvalue weighted by Crippen LogP contribution is -2.32. The van der Waals surface area contributed by atoms with E-state index in [0.29, 0.717) is 13.0 Å². The first-order valence-corrected chi connectivity index (χ1v) is 7.60. The summed E-state index contributed by atoms with van der Waals surface area (Å²) in [5.41, 5.74) is 0.615. The van der Waals surface area contributed by atoms with Crippen molar-refractivity contribution < 1.29 is 14.7 Å². The van der Waals surface area contributed by atoms with Gasteiger partial charge in [-0.1, -0.05) is 29.8 Å². The smallest absolute Gasteiger partial charge is 0.319 e. The lowest BCUT2D eigenvalue weighted by Gasteiger charge is -2.23. The Morgan fingerprint density at radius 2 is 1.81 bits per heavy atom. The second-order valence-electron chi connectivity index (χ2n) is 5.70. The minimum absolute atomic E-state index is 0.108. The molecule has 0 unspecified atom stereocenters. The Hall–Kier alpha value is -1.56. The highest BCUT2D eigenvalue weighted by molar-refractivity contribution is 9.10. The van der Waals surface area contributed by atoms with Gasteiger partial charge in [0.2, 0.25) is 0 Å². The Balaban J connectivity index is 2.29. The van der Waals surface area contributed by atoms with E-state index >= 15 is 0 Å². The second kappa shape index (κ2) is 8.02. The molecule has 0 aliphatic carbocycles. The molecule has 5 nitrogen and oxygen atoms in total. The average molecular weight is 357 g/mol. The van der Waals surface area contributed by atoms with Gasteiger partial charge in [-0.3, -0.25) is 4.79 Å². The number of carbonyl (C=O) groups is 2. The van der Waals surface area contributed by atoms with Crippen LogP contribution in [0.2, 0.25) is 0 Å². The normalized spacial score (nSPS) is 11.0. The molecular weight excluding hydrogens is 336 g/mol. The maximum absolute atomic E-state index is 11.7. The van der Waals surface area contributed by atoms with Crippen LogP contribution in [0.1, 0.15) is 33.1 Å². The molecule has 0 fully saturated rings. The van der Waals surface area contributed by atoms with Crippen molar-refractivity contribution in [2.24, 2.45) is 5.41 Å². The summed E-state index contributed by atoms with van der Waals surface area (Å²) in [5.74, 6) is -0.788. The van der Waals surface area contributed by atoms with Gasteiger partial charge in [0.1, 0.15) is 0 Å². The molecular formula is C15H21BrN2O3. The number of urea groups is 1. The van der Waals surface area contributed by atoms with Crippen molar-refractivity contribution >= 4 is 33.6 Å². The van der Waals surface area contributed by atoms with Gasteiger partial charge in [0.05, 0.1) is 0 Å². The highest BCUT2D eigenvalue weighted by Gasteiger charge is 2.19. The van der Waals surface area contributed by atoms with Gasteiger partial charge in [0.15, 0.2) is 0 Å². The topological polar surface area (TPSA) is 78.4 Å². The number of halogens is 1. The molecule has 1 rings (SSSR count). The molecule has 1 aromatic rings. The monoisotopic (exact) mass is 356 g/mol. The van der Waals surface area contributed by atoms with Crippen LogP contribution in [0, 0.1) is 5.41 Å². The Kier molecular flexibility index (Phi) is 6.68. The quantitative estimate of drug-likeness (QED) is 0.694. The van der Waals surface area contributed by atoms with Crippen LogP contribution in [0.5, 0.6) is 0 Å². The fourth-order valence-corrected chi connectivity index (χ4v) is 2.06. The maximum atomic E-state index is 11.7. The zero-order valence-corrected chi connectivity index (χ0v) is 13.9. The van der Waals surface area contributed by atoms with Crippen molar-refractivity contribution in [1.29, 1.82) is 0 Å². The zero-order chi connectivity index (χ0) is 15.9. The fraction of sp³-hybridized carbons (Fsp3) is 0.467. The minimum atomic E-state index is -0.788. The summed E-state index contributed by atoms with van der Waals surface area (Å²) in [6.45, 7) is 4.52. The first-order valence-electron chi connectivity index (χ1n) is 6.81. The van der Waals surface area contributed by atoms with Crippen molar-refractivity contribution in [3.8, 4) is 0 Å². The van der Waals surface area contributed by atoms with E-state index in [9.17, 15) is 9.59 Å². The van der Waals surface area contributed by atoms with Gasteiger partial charge in [-0.25, -0.2) is 4.79 Å². The number of carboxylic acid groups (broad SMARTS) is 1. The zero-order valence-electron chi connectivity index (χ0n) is 12.3. The van der Waals surface area contributed by atoms with E-state index in [1.165, 1.54) is 0 Å². The molecule has 0 saturated heterocycles. The lowest BCUT2D eigenvalue weighted by atomic mass is 9.84. The van der Waals surface area contributed by atoms with Crippen molar-refractivity contribution in [3.63, 3.8) is 0 Å². The molecule has 0 spiro atoms. The summed E-state index contributed by atoms with van der Waals surface area (Å²) in [5, 5.41) is 14.2. The van der Waals surface area contributed by atoms with E-state index in [0.717, 1.165) is 16.6 Å². The number of rotatable bonds is 7. The van der Waals surface area contributed by atoms with Crippen LogP contribution >= 0.6 is 15.9 Å². The molecule has 116 valence electrons. The van der Waals surface area contributed by atoms with Crippen LogP contribution in [-0.4, -0.2) is 23.7 Å². The highest BCUT2D eigenvalue weighted by atomic mass is 79.9. The van der Waals surface area contributed by atoms with E-state index < -0.39 is 5.97 Å². The van der Waals surface area contributed by atoms with Gasteiger partial charge in [-0.05, 0) is 42.5 Å². The molecule has 0 saturated carbocycles. The molecule has 21 heavy (non-hydrogen) atoms. The van der Waals surface area contributed by atoms with Gasteiger partial charge in [-0.2, -0.15) is 0 Å². The molecule has 2 amide bonds. The molecule has 1 aromatic carbocycles. The van der Waals surface area contributed by atoms with Crippen molar-refractivity contribution in [1.82, 2.24) is 5.32 Å². The predicted molar refractivity (Wildman–Crippen MR) is 86.4 cm³/mol. The van der Waals surface area contributed by atoms with E-state index in [1.54, 1.807) is 12.1 Å². The summed E-state index contributed by atoms with van der Waals surface area (Å²) in [4.78, 5) is 22.3. The molecule has 6 heteroatoms. The lowest BCUT2D eigenvalue weighted by molar-refractivity contribution is -0.137. The molecule has 0 bridgehead atoms. The third kappa shape index (κ3) is 7.70. The SMILES string of the molecule is CC(C)(CCNC(=O)Nc1ccc(Br)cc1)CCC(=O)O. The highest BCUT2D eigenvalue weighted by Crippen LogP contribution is 2.26. The molecule has 0 aromatic heterocycles. The first-order chi connectivity index (χ1) is 9.78. The Morgan fingerprint density at radius 3 is 2.38 bits per heavy atom. The van der Waals surface area contributed by atoms with Crippen molar-refractivity contribution in [2.75, 3.05) is 11.9 Å². The molecule has 0 radical (unpaired) electrons. The number of benzene rings is 1. The van der Waals surface area contributed by atoms with Crippen LogP contribution in [0.3, 0.4) is 0 Å². The van der Waals surface area contributed by atoms with Crippen molar-refractivity contribution in [2.45, 2.75) is 33.1 Å². The third-order valence-electron chi connectivity index (χ3n) is 3.21. The molecule has 0 atom stereocenters. The van der Waals surface area contributed by atoms with Gasteiger partial charge < -0.3 is 15.7 Å². The average Bonchev–Trinajstić information content (AvgIpc) is 2.39. The van der Waals surface area contributed by atoms with Gasteiger partial charge >= 0.3 is 12.0 Å². The number of amides is 2. The van der Waals surface area contributed by atoms with E-state index in [2.05, 4.69) is 26.6 Å². The van der Waals surface area contributed by atoms with Crippen LogP contribution in [-0.2, 0) is 4.79 Å². The molecule has 0 heterocycles. The number of anilines is 1. The Bertz CT molecular complexity index is 486. The Morgan fingerprint density at radius 1 is 1.19 bits per heavy atom. The molecule has 0 aliphatic heterocycles. The van der Waals surface area contributed by atoms with Gasteiger partial charge in [0, 0.05) is 23.1 Å². The second-order valence-corrected chi connectivity index (χ2v) is 6.61. The van der Waals surface area contributed by atoms with Crippen LogP contribution in [0.4, 0.5) is 10.5 Å². The number of aliphatic carboxylic acids is 1. The van der Waals surface area contributed by atoms with E-state index in [1.807, 2.05) is 26.0 Å². The summed E-state index contributed by atoms with van der Waals surface area (Å²) in [7, 11) is 0. The Labute approximate surface area is 133 Å². The third-order valence-corrected chi connectivity index (χ3v) is 3.73. The largest absolute Gasteiger partial charge is 0.481 e. The number of hydrogen-bond acceptors (Lipinski definition) is 2. The van der Waals surface area contributed by atoms with Gasteiger partial charge in [0.25, 0.3) is 0 Å². The summed E-state index contributed by atoms with van der Waals surface area (Å²) < 4.78 is 0.952. The fourth-order valence-electron chi connectivity index (χ4n) is 1.79.